The lowest BCUT2D eigenvalue weighted by molar-refractivity contribution is -0.140. The molecule has 5 heteroatoms. The Balaban J connectivity index is 3.09. The SMILES string of the molecule is CCC(O)c1ccc(C(F)(F)F)c(F)c1. The van der Waals surface area contributed by atoms with Gasteiger partial charge in [0, 0.05) is 0 Å². The Morgan fingerprint density at radius 2 is 1.93 bits per heavy atom. The lowest BCUT2D eigenvalue weighted by Gasteiger charge is -2.12. The van der Waals surface area contributed by atoms with E-state index in [0.717, 1.165) is 12.1 Å². The van der Waals surface area contributed by atoms with Gasteiger partial charge in [-0.25, -0.2) is 4.39 Å². The van der Waals surface area contributed by atoms with E-state index in [-0.39, 0.29) is 5.56 Å². The summed E-state index contributed by atoms with van der Waals surface area (Å²) in [4.78, 5) is 0. The van der Waals surface area contributed by atoms with Crippen molar-refractivity contribution in [1.29, 1.82) is 0 Å². The summed E-state index contributed by atoms with van der Waals surface area (Å²) in [6.07, 6.45) is -5.30. The van der Waals surface area contributed by atoms with Gasteiger partial charge in [-0.05, 0) is 24.1 Å². The van der Waals surface area contributed by atoms with Gasteiger partial charge in [-0.15, -0.1) is 0 Å². The standard InChI is InChI=1S/C10H10F4O/c1-2-9(15)6-3-4-7(8(11)5-6)10(12,13)14/h3-5,9,15H,2H2,1H3. The molecule has 0 aliphatic heterocycles. The number of aliphatic hydroxyl groups excluding tert-OH is 1. The Labute approximate surface area is 84.3 Å². The molecule has 84 valence electrons. The molecule has 1 atom stereocenters. The summed E-state index contributed by atoms with van der Waals surface area (Å²) in [5, 5.41) is 9.30. The van der Waals surface area contributed by atoms with Gasteiger partial charge in [0.1, 0.15) is 5.82 Å². The van der Waals surface area contributed by atoms with Crippen LogP contribution in [0.3, 0.4) is 0 Å². The highest BCUT2D eigenvalue weighted by Crippen LogP contribution is 2.32. The Hall–Kier alpha value is -1.10. The molecule has 1 rings (SSSR count). The van der Waals surface area contributed by atoms with Crippen molar-refractivity contribution in [2.75, 3.05) is 0 Å². The fraction of sp³-hybridized carbons (Fsp3) is 0.400. The average Bonchev–Trinajstić information content (AvgIpc) is 2.14. The first-order chi connectivity index (χ1) is 6.86. The van der Waals surface area contributed by atoms with Crippen molar-refractivity contribution in [3.63, 3.8) is 0 Å². The van der Waals surface area contributed by atoms with Crippen LogP contribution in [0.4, 0.5) is 17.6 Å². The number of hydrogen-bond donors (Lipinski definition) is 1. The maximum atomic E-state index is 13.0. The number of rotatable bonds is 2. The molecule has 0 aliphatic carbocycles. The Morgan fingerprint density at radius 3 is 2.33 bits per heavy atom. The Kier molecular flexibility index (Phi) is 3.34. The average molecular weight is 222 g/mol. The van der Waals surface area contributed by atoms with Crippen molar-refractivity contribution < 1.29 is 22.7 Å². The third-order valence-corrected chi connectivity index (χ3v) is 2.07. The highest BCUT2D eigenvalue weighted by atomic mass is 19.4. The van der Waals surface area contributed by atoms with Crippen molar-refractivity contribution in [1.82, 2.24) is 0 Å². The monoisotopic (exact) mass is 222 g/mol. The molecule has 1 aromatic carbocycles. The van der Waals surface area contributed by atoms with Crippen LogP contribution < -0.4 is 0 Å². The van der Waals surface area contributed by atoms with Crippen molar-refractivity contribution in [3.8, 4) is 0 Å². The summed E-state index contributed by atoms with van der Waals surface area (Å²) < 4.78 is 49.5. The molecule has 0 aliphatic rings. The van der Waals surface area contributed by atoms with E-state index in [4.69, 9.17) is 0 Å². The second-order valence-electron chi connectivity index (χ2n) is 3.16. The van der Waals surface area contributed by atoms with Gasteiger partial charge in [0.15, 0.2) is 0 Å². The third kappa shape index (κ3) is 2.68. The van der Waals surface area contributed by atoms with Crippen LogP contribution in [0.25, 0.3) is 0 Å². The third-order valence-electron chi connectivity index (χ3n) is 2.07. The van der Waals surface area contributed by atoms with Gasteiger partial charge in [0.25, 0.3) is 0 Å². The largest absolute Gasteiger partial charge is 0.419 e. The summed E-state index contributed by atoms with van der Waals surface area (Å²) in [5.41, 5.74) is -1.16. The van der Waals surface area contributed by atoms with E-state index in [2.05, 4.69) is 0 Å². The quantitative estimate of drug-likeness (QED) is 0.761. The van der Waals surface area contributed by atoms with Gasteiger partial charge in [0.05, 0.1) is 11.7 Å². The van der Waals surface area contributed by atoms with Crippen molar-refractivity contribution in [3.05, 3.63) is 35.1 Å². The molecule has 1 unspecified atom stereocenters. The molecule has 0 heterocycles. The number of benzene rings is 1. The smallest absolute Gasteiger partial charge is 0.388 e. The van der Waals surface area contributed by atoms with Crippen LogP contribution in [0.2, 0.25) is 0 Å². The summed E-state index contributed by atoms with van der Waals surface area (Å²) in [6, 6.07) is 2.45. The lowest BCUT2D eigenvalue weighted by atomic mass is 10.0. The predicted molar refractivity (Wildman–Crippen MR) is 46.7 cm³/mol. The molecule has 1 N–H and O–H groups in total. The van der Waals surface area contributed by atoms with Crippen LogP contribution >= 0.6 is 0 Å². The molecule has 0 bridgehead atoms. The van der Waals surface area contributed by atoms with Crippen LogP contribution in [-0.2, 0) is 6.18 Å². The number of halogens is 4. The molecule has 1 aromatic rings. The van der Waals surface area contributed by atoms with E-state index < -0.39 is 23.7 Å². The molecule has 0 amide bonds. The van der Waals surface area contributed by atoms with Gasteiger partial charge in [0.2, 0.25) is 0 Å². The number of hydrogen-bond acceptors (Lipinski definition) is 1. The van der Waals surface area contributed by atoms with E-state index in [1.165, 1.54) is 0 Å². The molecule has 0 aromatic heterocycles. The molecule has 0 saturated carbocycles. The molecule has 0 spiro atoms. The Bertz CT molecular complexity index is 346. The van der Waals surface area contributed by atoms with Crippen molar-refractivity contribution in [2.45, 2.75) is 25.6 Å². The molecule has 0 radical (unpaired) electrons. The van der Waals surface area contributed by atoms with E-state index >= 15 is 0 Å². The fourth-order valence-electron chi connectivity index (χ4n) is 1.20. The topological polar surface area (TPSA) is 20.2 Å². The second-order valence-corrected chi connectivity index (χ2v) is 3.16. The minimum absolute atomic E-state index is 0.156. The lowest BCUT2D eigenvalue weighted by Crippen LogP contribution is -2.09. The van der Waals surface area contributed by atoms with Crippen LogP contribution in [0, 0.1) is 5.82 Å². The number of aliphatic hydroxyl groups is 1. The maximum Gasteiger partial charge on any atom is 0.419 e. The first-order valence-electron chi connectivity index (χ1n) is 4.41. The van der Waals surface area contributed by atoms with Gasteiger partial charge in [-0.1, -0.05) is 13.0 Å². The highest BCUT2D eigenvalue weighted by molar-refractivity contribution is 5.27. The van der Waals surface area contributed by atoms with Gasteiger partial charge >= 0.3 is 6.18 Å². The van der Waals surface area contributed by atoms with Crippen LogP contribution in [0.15, 0.2) is 18.2 Å². The molecular formula is C10H10F4O. The summed E-state index contributed by atoms with van der Waals surface area (Å²) >= 11 is 0. The van der Waals surface area contributed by atoms with Crippen LogP contribution in [-0.4, -0.2) is 5.11 Å². The zero-order valence-corrected chi connectivity index (χ0v) is 7.98. The summed E-state index contributed by atoms with van der Waals surface area (Å²) in [6.45, 7) is 1.65. The van der Waals surface area contributed by atoms with Gasteiger partial charge < -0.3 is 5.11 Å². The van der Waals surface area contributed by atoms with E-state index in [1.807, 2.05) is 0 Å². The molecule has 15 heavy (non-hydrogen) atoms. The first-order valence-corrected chi connectivity index (χ1v) is 4.41. The molecule has 0 fully saturated rings. The summed E-state index contributed by atoms with van der Waals surface area (Å²) in [7, 11) is 0. The maximum absolute atomic E-state index is 13.0. The second kappa shape index (κ2) is 4.18. The van der Waals surface area contributed by atoms with Crippen LogP contribution in [0.5, 0.6) is 0 Å². The molecule has 1 nitrogen and oxygen atoms in total. The van der Waals surface area contributed by atoms with E-state index in [0.29, 0.717) is 12.5 Å². The van der Waals surface area contributed by atoms with Crippen LogP contribution in [0.1, 0.15) is 30.6 Å². The zero-order valence-electron chi connectivity index (χ0n) is 7.98. The molecule has 0 saturated heterocycles. The highest BCUT2D eigenvalue weighted by Gasteiger charge is 2.34. The van der Waals surface area contributed by atoms with Crippen molar-refractivity contribution >= 4 is 0 Å². The number of alkyl halides is 3. The predicted octanol–water partition coefficient (Wildman–Crippen LogP) is 3.29. The minimum Gasteiger partial charge on any atom is -0.388 e. The van der Waals surface area contributed by atoms with Crippen molar-refractivity contribution in [2.24, 2.45) is 0 Å². The Morgan fingerprint density at radius 1 is 1.33 bits per heavy atom. The first kappa shape index (κ1) is 12.0. The normalized spacial score (nSPS) is 14.0. The molecular weight excluding hydrogens is 212 g/mol. The minimum atomic E-state index is -4.69. The van der Waals surface area contributed by atoms with E-state index in [9.17, 15) is 22.7 Å². The van der Waals surface area contributed by atoms with Gasteiger partial charge in [-0.3, -0.25) is 0 Å². The zero-order chi connectivity index (χ0) is 11.6. The van der Waals surface area contributed by atoms with E-state index in [1.54, 1.807) is 6.92 Å². The fourth-order valence-corrected chi connectivity index (χ4v) is 1.20. The summed E-state index contributed by atoms with van der Waals surface area (Å²) in [5.74, 6) is -1.35. The van der Waals surface area contributed by atoms with Gasteiger partial charge in [-0.2, -0.15) is 13.2 Å².